The molecule has 1 saturated carbocycles. The molecule has 2 heterocycles. The summed E-state index contributed by atoms with van der Waals surface area (Å²) < 4.78 is 0. The molecule has 0 unspecified atom stereocenters. The van der Waals surface area contributed by atoms with Crippen molar-refractivity contribution >= 4 is 5.82 Å². The Kier molecular flexibility index (Phi) is 2.39. The van der Waals surface area contributed by atoms with Crippen LogP contribution in [-0.4, -0.2) is 29.3 Å². The summed E-state index contributed by atoms with van der Waals surface area (Å²) in [5.74, 6) is 1.92. The van der Waals surface area contributed by atoms with E-state index in [0.29, 0.717) is 6.04 Å². The van der Waals surface area contributed by atoms with Crippen LogP contribution in [0.4, 0.5) is 5.82 Å². The molecule has 4 heteroatoms. The molecule has 0 aromatic carbocycles. The average molecular weight is 220 g/mol. The van der Waals surface area contributed by atoms with Gasteiger partial charge in [-0.2, -0.15) is 5.10 Å². The lowest BCUT2D eigenvalue weighted by Crippen LogP contribution is -2.40. The summed E-state index contributed by atoms with van der Waals surface area (Å²) in [6, 6.07) is 0.387. The largest absolute Gasteiger partial charge is 0.355 e. The molecule has 1 saturated heterocycles. The van der Waals surface area contributed by atoms with Crippen LogP contribution in [0, 0.1) is 6.92 Å². The van der Waals surface area contributed by atoms with Gasteiger partial charge in [0.25, 0.3) is 0 Å². The minimum absolute atomic E-state index is 0.387. The number of H-pyrrole nitrogens is 1. The van der Waals surface area contributed by atoms with Gasteiger partial charge in [0.2, 0.25) is 0 Å². The Morgan fingerprint density at radius 1 is 1.25 bits per heavy atom. The molecule has 16 heavy (non-hydrogen) atoms. The molecule has 0 atom stereocenters. The second kappa shape index (κ2) is 3.77. The first-order valence-electron chi connectivity index (χ1n) is 6.31. The fourth-order valence-electron chi connectivity index (χ4n) is 2.59. The Morgan fingerprint density at radius 2 is 1.94 bits per heavy atom. The maximum atomic E-state index is 5.92. The van der Waals surface area contributed by atoms with Gasteiger partial charge in [-0.1, -0.05) is 0 Å². The molecule has 3 N–H and O–H groups in total. The number of nitrogens with two attached hydrogens (primary N) is 1. The quantitative estimate of drug-likeness (QED) is 0.794. The first kappa shape index (κ1) is 10.1. The first-order valence-corrected chi connectivity index (χ1v) is 6.31. The molecule has 1 aliphatic carbocycles. The molecule has 3 rings (SSSR count). The van der Waals surface area contributed by atoms with Crippen molar-refractivity contribution in [3.63, 3.8) is 0 Å². The van der Waals surface area contributed by atoms with Crippen LogP contribution in [-0.2, 0) is 0 Å². The molecule has 2 aliphatic rings. The number of aromatic nitrogens is 2. The van der Waals surface area contributed by atoms with Crippen molar-refractivity contribution in [1.82, 2.24) is 10.2 Å². The van der Waals surface area contributed by atoms with E-state index in [1.54, 1.807) is 0 Å². The van der Waals surface area contributed by atoms with E-state index in [4.69, 9.17) is 5.73 Å². The van der Waals surface area contributed by atoms with E-state index in [-0.39, 0.29) is 0 Å². The molecule has 88 valence electrons. The number of aromatic amines is 1. The van der Waals surface area contributed by atoms with Gasteiger partial charge in [-0.05, 0) is 32.6 Å². The molecule has 1 aliphatic heterocycles. The lowest BCUT2D eigenvalue weighted by Gasteiger charge is -2.30. The lowest BCUT2D eigenvalue weighted by molar-refractivity contribution is 0.498. The topological polar surface area (TPSA) is 57.9 Å². The van der Waals surface area contributed by atoms with E-state index in [2.05, 4.69) is 22.0 Å². The Labute approximate surface area is 96.2 Å². The number of nitrogens with one attached hydrogen (secondary N) is 1. The van der Waals surface area contributed by atoms with E-state index >= 15 is 0 Å². The maximum absolute atomic E-state index is 5.92. The number of hydrogen-bond acceptors (Lipinski definition) is 3. The zero-order valence-electron chi connectivity index (χ0n) is 9.87. The van der Waals surface area contributed by atoms with Crippen molar-refractivity contribution in [3.8, 4) is 0 Å². The van der Waals surface area contributed by atoms with Crippen LogP contribution in [0.2, 0.25) is 0 Å². The number of anilines is 1. The van der Waals surface area contributed by atoms with Crippen molar-refractivity contribution in [3.05, 3.63) is 11.3 Å². The van der Waals surface area contributed by atoms with Crippen LogP contribution >= 0.6 is 0 Å². The first-order chi connectivity index (χ1) is 7.75. The Bertz CT molecular complexity index is 372. The summed E-state index contributed by atoms with van der Waals surface area (Å²) in [5, 5.41) is 7.71. The number of rotatable bonds is 2. The Hall–Kier alpha value is -1.03. The summed E-state index contributed by atoms with van der Waals surface area (Å²) in [6.07, 6.45) is 4.83. The van der Waals surface area contributed by atoms with E-state index in [1.807, 2.05) is 0 Å². The molecular weight excluding hydrogens is 200 g/mol. The van der Waals surface area contributed by atoms with Gasteiger partial charge in [0.05, 0.1) is 0 Å². The van der Waals surface area contributed by atoms with Crippen LogP contribution in [0.25, 0.3) is 0 Å². The molecule has 4 nitrogen and oxygen atoms in total. The van der Waals surface area contributed by atoms with Gasteiger partial charge < -0.3 is 10.6 Å². The third-order valence-electron chi connectivity index (χ3n) is 3.85. The van der Waals surface area contributed by atoms with Gasteiger partial charge in [0, 0.05) is 36.3 Å². The van der Waals surface area contributed by atoms with Crippen molar-refractivity contribution in [2.45, 2.75) is 44.6 Å². The fourth-order valence-corrected chi connectivity index (χ4v) is 2.59. The smallest absolute Gasteiger partial charge is 0.153 e. The Morgan fingerprint density at radius 3 is 2.56 bits per heavy atom. The van der Waals surface area contributed by atoms with Crippen LogP contribution in [0.3, 0.4) is 0 Å². The summed E-state index contributed by atoms with van der Waals surface area (Å²) in [6.45, 7) is 4.30. The molecule has 1 aromatic rings. The van der Waals surface area contributed by atoms with Gasteiger partial charge in [0.1, 0.15) is 0 Å². The standard InChI is InChI=1S/C12H20N4/c1-8-11(9-2-3-9)14-15-12(8)16-6-4-10(13)5-7-16/h9-10H,2-7,13H2,1H3,(H,14,15). The summed E-state index contributed by atoms with van der Waals surface area (Å²) in [7, 11) is 0. The van der Waals surface area contributed by atoms with E-state index in [0.717, 1.165) is 37.7 Å². The van der Waals surface area contributed by atoms with Gasteiger partial charge in [-0.25, -0.2) is 0 Å². The molecule has 0 radical (unpaired) electrons. The normalized spacial score (nSPS) is 22.8. The lowest BCUT2D eigenvalue weighted by atomic mass is 10.1. The van der Waals surface area contributed by atoms with E-state index in [9.17, 15) is 0 Å². The highest BCUT2D eigenvalue weighted by molar-refractivity contribution is 5.50. The highest BCUT2D eigenvalue weighted by Crippen LogP contribution is 2.42. The second-order valence-electron chi connectivity index (χ2n) is 5.18. The van der Waals surface area contributed by atoms with Gasteiger partial charge >= 0.3 is 0 Å². The fraction of sp³-hybridized carbons (Fsp3) is 0.750. The summed E-state index contributed by atoms with van der Waals surface area (Å²) in [5.41, 5.74) is 8.65. The van der Waals surface area contributed by atoms with Crippen LogP contribution in [0.1, 0.15) is 42.9 Å². The van der Waals surface area contributed by atoms with Crippen molar-refractivity contribution in [1.29, 1.82) is 0 Å². The Balaban J connectivity index is 1.78. The number of hydrogen-bond donors (Lipinski definition) is 2. The van der Waals surface area contributed by atoms with E-state index < -0.39 is 0 Å². The molecular formula is C12H20N4. The minimum atomic E-state index is 0.387. The highest BCUT2D eigenvalue weighted by atomic mass is 15.3. The van der Waals surface area contributed by atoms with Crippen LogP contribution in [0.15, 0.2) is 0 Å². The van der Waals surface area contributed by atoms with Crippen LogP contribution < -0.4 is 10.6 Å². The van der Waals surface area contributed by atoms with Crippen molar-refractivity contribution in [2.24, 2.45) is 5.73 Å². The van der Waals surface area contributed by atoms with Gasteiger partial charge in [-0.3, -0.25) is 5.10 Å². The monoisotopic (exact) mass is 220 g/mol. The van der Waals surface area contributed by atoms with Crippen molar-refractivity contribution < 1.29 is 0 Å². The molecule has 0 spiro atoms. The maximum Gasteiger partial charge on any atom is 0.153 e. The molecule has 0 bridgehead atoms. The predicted molar refractivity (Wildman–Crippen MR) is 64.7 cm³/mol. The zero-order chi connectivity index (χ0) is 11.1. The molecule has 2 fully saturated rings. The SMILES string of the molecule is Cc1c(N2CCC(N)CC2)n[nH]c1C1CC1. The van der Waals surface area contributed by atoms with E-state index in [1.165, 1.54) is 24.1 Å². The third-order valence-corrected chi connectivity index (χ3v) is 3.85. The predicted octanol–water partition coefficient (Wildman–Crippen LogP) is 1.52. The number of nitrogens with zero attached hydrogens (tertiary/aromatic N) is 2. The average Bonchev–Trinajstić information content (AvgIpc) is 3.05. The van der Waals surface area contributed by atoms with Gasteiger partial charge in [-0.15, -0.1) is 0 Å². The highest BCUT2D eigenvalue weighted by Gasteiger charge is 2.29. The zero-order valence-corrected chi connectivity index (χ0v) is 9.87. The summed E-state index contributed by atoms with van der Waals surface area (Å²) in [4.78, 5) is 2.38. The molecule has 1 aromatic heterocycles. The van der Waals surface area contributed by atoms with Gasteiger partial charge in [0.15, 0.2) is 5.82 Å². The second-order valence-corrected chi connectivity index (χ2v) is 5.18. The third kappa shape index (κ3) is 1.71. The molecule has 0 amide bonds. The van der Waals surface area contributed by atoms with Crippen LogP contribution in [0.5, 0.6) is 0 Å². The summed E-state index contributed by atoms with van der Waals surface area (Å²) >= 11 is 0. The van der Waals surface area contributed by atoms with Crippen molar-refractivity contribution in [2.75, 3.05) is 18.0 Å². The number of piperidine rings is 1. The minimum Gasteiger partial charge on any atom is -0.355 e.